The first-order valence-electron chi connectivity index (χ1n) is 10.0. The SMILES string of the molecule is C[C@@H](CNC(=O)c1cc2n(n1)CCCN(CCC1CCNCC1)C2=O)C(=O)O. The first kappa shape index (κ1) is 20.3. The molecule has 1 fully saturated rings. The number of hydrogen-bond acceptors (Lipinski definition) is 5. The van der Waals surface area contributed by atoms with Gasteiger partial charge in [-0.05, 0) is 44.7 Å². The minimum Gasteiger partial charge on any atom is -0.481 e. The Kier molecular flexibility index (Phi) is 6.66. The first-order chi connectivity index (χ1) is 13.5. The zero-order valence-corrected chi connectivity index (χ0v) is 16.3. The molecule has 3 N–H and O–H groups in total. The van der Waals surface area contributed by atoms with Crippen molar-refractivity contribution in [2.75, 3.05) is 32.7 Å². The largest absolute Gasteiger partial charge is 0.481 e. The third-order valence-corrected chi connectivity index (χ3v) is 5.57. The van der Waals surface area contributed by atoms with Crippen molar-refractivity contribution >= 4 is 17.8 Å². The zero-order valence-electron chi connectivity index (χ0n) is 16.3. The Morgan fingerprint density at radius 3 is 2.82 bits per heavy atom. The van der Waals surface area contributed by atoms with E-state index in [0.29, 0.717) is 24.7 Å². The summed E-state index contributed by atoms with van der Waals surface area (Å²) in [5.74, 6) is -1.55. The third-order valence-electron chi connectivity index (χ3n) is 5.57. The summed E-state index contributed by atoms with van der Waals surface area (Å²) in [6.45, 7) is 5.65. The molecule has 2 aliphatic heterocycles. The molecule has 1 aromatic rings. The van der Waals surface area contributed by atoms with E-state index in [0.717, 1.165) is 45.3 Å². The van der Waals surface area contributed by atoms with Gasteiger partial charge in [0.2, 0.25) is 0 Å². The normalized spacial score (nSPS) is 19.0. The lowest BCUT2D eigenvalue weighted by atomic mass is 9.94. The van der Waals surface area contributed by atoms with Crippen LogP contribution in [-0.4, -0.2) is 70.3 Å². The minimum atomic E-state index is -0.972. The molecule has 2 aliphatic rings. The smallest absolute Gasteiger partial charge is 0.308 e. The van der Waals surface area contributed by atoms with E-state index in [1.54, 1.807) is 4.68 Å². The van der Waals surface area contributed by atoms with E-state index in [1.165, 1.54) is 13.0 Å². The van der Waals surface area contributed by atoms with E-state index < -0.39 is 17.8 Å². The molecular formula is C19H29N5O4. The van der Waals surface area contributed by atoms with Gasteiger partial charge >= 0.3 is 5.97 Å². The number of aliphatic carboxylic acids is 1. The second kappa shape index (κ2) is 9.18. The van der Waals surface area contributed by atoms with Crippen LogP contribution in [0.3, 0.4) is 0 Å². The monoisotopic (exact) mass is 391 g/mol. The predicted octanol–water partition coefficient (Wildman–Crippen LogP) is 0.569. The molecule has 3 rings (SSSR count). The Morgan fingerprint density at radius 2 is 2.11 bits per heavy atom. The first-order valence-corrected chi connectivity index (χ1v) is 10.0. The molecule has 0 saturated carbocycles. The van der Waals surface area contributed by atoms with Crippen molar-refractivity contribution in [2.45, 2.75) is 39.2 Å². The summed E-state index contributed by atoms with van der Waals surface area (Å²) in [6, 6.07) is 1.52. The average molecular weight is 391 g/mol. The second-order valence-electron chi connectivity index (χ2n) is 7.72. The number of carbonyl (C=O) groups excluding carboxylic acids is 2. The molecule has 0 aromatic carbocycles. The van der Waals surface area contributed by atoms with E-state index in [1.807, 2.05) is 4.90 Å². The summed E-state index contributed by atoms with van der Waals surface area (Å²) in [7, 11) is 0. The fraction of sp³-hybridized carbons (Fsp3) is 0.684. The number of piperidine rings is 1. The van der Waals surface area contributed by atoms with E-state index in [2.05, 4.69) is 15.7 Å². The lowest BCUT2D eigenvalue weighted by Gasteiger charge is -2.26. The Bertz CT molecular complexity index is 726. The number of carbonyl (C=O) groups is 3. The van der Waals surface area contributed by atoms with Crippen molar-refractivity contribution in [3.05, 3.63) is 17.5 Å². The molecule has 28 heavy (non-hydrogen) atoms. The van der Waals surface area contributed by atoms with Crippen molar-refractivity contribution in [1.82, 2.24) is 25.3 Å². The van der Waals surface area contributed by atoms with Crippen molar-refractivity contribution in [3.63, 3.8) is 0 Å². The van der Waals surface area contributed by atoms with Gasteiger partial charge in [0.15, 0.2) is 5.69 Å². The van der Waals surface area contributed by atoms with Gasteiger partial charge in [-0.15, -0.1) is 0 Å². The van der Waals surface area contributed by atoms with Gasteiger partial charge in [0, 0.05) is 32.2 Å². The van der Waals surface area contributed by atoms with Gasteiger partial charge in [0.1, 0.15) is 5.69 Å². The molecule has 0 radical (unpaired) electrons. The maximum absolute atomic E-state index is 12.9. The highest BCUT2D eigenvalue weighted by Gasteiger charge is 2.27. The van der Waals surface area contributed by atoms with Crippen LogP contribution in [0, 0.1) is 11.8 Å². The predicted molar refractivity (Wildman–Crippen MR) is 102 cm³/mol. The lowest BCUT2D eigenvalue weighted by Crippen LogP contribution is -2.35. The summed E-state index contributed by atoms with van der Waals surface area (Å²) >= 11 is 0. The van der Waals surface area contributed by atoms with Crippen LogP contribution in [0.5, 0.6) is 0 Å². The highest BCUT2D eigenvalue weighted by atomic mass is 16.4. The molecule has 154 valence electrons. The van der Waals surface area contributed by atoms with Gasteiger partial charge in [-0.3, -0.25) is 19.1 Å². The highest BCUT2D eigenvalue weighted by molar-refractivity contribution is 5.98. The number of amides is 2. The number of carboxylic acids is 1. The quantitative estimate of drug-likeness (QED) is 0.626. The Morgan fingerprint density at radius 1 is 1.36 bits per heavy atom. The zero-order chi connectivity index (χ0) is 20.1. The molecule has 1 saturated heterocycles. The molecule has 0 unspecified atom stereocenters. The summed E-state index contributed by atoms with van der Waals surface area (Å²) in [5.41, 5.74) is 0.584. The number of fused-ring (bicyclic) bond motifs is 1. The number of aromatic nitrogens is 2. The van der Waals surface area contributed by atoms with Crippen LogP contribution in [0.4, 0.5) is 0 Å². The van der Waals surface area contributed by atoms with Gasteiger partial charge < -0.3 is 20.6 Å². The average Bonchev–Trinajstić information content (AvgIpc) is 3.06. The summed E-state index contributed by atoms with van der Waals surface area (Å²) in [4.78, 5) is 38.0. The van der Waals surface area contributed by atoms with E-state index in [4.69, 9.17) is 5.11 Å². The summed E-state index contributed by atoms with van der Waals surface area (Å²) < 4.78 is 1.60. The van der Waals surface area contributed by atoms with E-state index in [-0.39, 0.29) is 18.1 Å². The van der Waals surface area contributed by atoms with Crippen molar-refractivity contribution < 1.29 is 19.5 Å². The Labute approximate surface area is 164 Å². The number of aryl methyl sites for hydroxylation is 1. The van der Waals surface area contributed by atoms with Crippen molar-refractivity contribution in [2.24, 2.45) is 11.8 Å². The maximum atomic E-state index is 12.9. The molecule has 0 aliphatic carbocycles. The van der Waals surface area contributed by atoms with Crippen molar-refractivity contribution in [1.29, 1.82) is 0 Å². The molecule has 0 spiro atoms. The molecule has 3 heterocycles. The molecular weight excluding hydrogens is 362 g/mol. The van der Waals surface area contributed by atoms with Gasteiger partial charge in [-0.25, -0.2) is 0 Å². The van der Waals surface area contributed by atoms with Crippen molar-refractivity contribution in [3.8, 4) is 0 Å². The molecule has 1 atom stereocenters. The number of hydrogen-bond donors (Lipinski definition) is 3. The lowest BCUT2D eigenvalue weighted by molar-refractivity contribution is -0.140. The second-order valence-corrected chi connectivity index (χ2v) is 7.72. The fourth-order valence-corrected chi connectivity index (χ4v) is 3.69. The van der Waals surface area contributed by atoms with Crippen LogP contribution < -0.4 is 10.6 Å². The standard InChI is InChI=1S/C19H29N5O4/c1-13(19(27)28)12-21-17(25)15-11-16-18(26)23(8-2-9-24(16)22-15)10-5-14-3-6-20-7-4-14/h11,13-14,20H,2-10,12H2,1H3,(H,21,25)(H,27,28)/t13-/m0/s1. The van der Waals surface area contributed by atoms with Crippen LogP contribution in [0.15, 0.2) is 6.07 Å². The van der Waals surface area contributed by atoms with E-state index >= 15 is 0 Å². The van der Waals surface area contributed by atoms with Crippen LogP contribution in [0.2, 0.25) is 0 Å². The number of nitrogens with zero attached hydrogens (tertiary/aromatic N) is 3. The molecule has 0 bridgehead atoms. The van der Waals surface area contributed by atoms with Crippen LogP contribution in [-0.2, 0) is 11.3 Å². The Balaban J connectivity index is 1.61. The van der Waals surface area contributed by atoms with Crippen LogP contribution in [0.25, 0.3) is 0 Å². The highest BCUT2D eigenvalue weighted by Crippen LogP contribution is 2.19. The molecule has 9 heteroatoms. The topological polar surface area (TPSA) is 117 Å². The third kappa shape index (κ3) is 4.89. The number of nitrogens with one attached hydrogen (secondary N) is 2. The minimum absolute atomic E-state index is 0.0205. The Hall–Kier alpha value is -2.42. The fourth-order valence-electron chi connectivity index (χ4n) is 3.69. The summed E-state index contributed by atoms with van der Waals surface area (Å²) in [6.07, 6.45) is 4.10. The summed E-state index contributed by atoms with van der Waals surface area (Å²) in [5, 5.41) is 19.1. The van der Waals surface area contributed by atoms with Gasteiger partial charge in [0.05, 0.1) is 5.92 Å². The van der Waals surface area contributed by atoms with E-state index in [9.17, 15) is 14.4 Å². The van der Waals surface area contributed by atoms with Crippen LogP contribution >= 0.6 is 0 Å². The van der Waals surface area contributed by atoms with Gasteiger partial charge in [-0.1, -0.05) is 6.92 Å². The van der Waals surface area contributed by atoms with Gasteiger partial charge in [0.25, 0.3) is 11.8 Å². The number of rotatable bonds is 7. The van der Waals surface area contributed by atoms with Gasteiger partial charge in [-0.2, -0.15) is 5.10 Å². The molecule has 1 aromatic heterocycles. The molecule has 2 amide bonds. The number of carboxylic acid groups (broad SMARTS) is 1. The van der Waals surface area contributed by atoms with Crippen LogP contribution in [0.1, 0.15) is 53.6 Å². The maximum Gasteiger partial charge on any atom is 0.308 e. The molecule has 9 nitrogen and oxygen atoms in total.